The third-order valence-corrected chi connectivity index (χ3v) is 3.92. The maximum Gasteiger partial charge on any atom is 0.202 e. The van der Waals surface area contributed by atoms with E-state index in [1.54, 1.807) is 6.26 Å². The van der Waals surface area contributed by atoms with Crippen molar-refractivity contribution in [2.24, 2.45) is 0 Å². The number of nitrogens with zero attached hydrogens (tertiary/aromatic N) is 2. The van der Waals surface area contributed by atoms with E-state index < -0.39 is 0 Å². The molecule has 20 heavy (non-hydrogen) atoms. The van der Waals surface area contributed by atoms with E-state index in [4.69, 9.17) is 8.94 Å². The normalized spacial score (nSPS) is 16.3. The maximum absolute atomic E-state index is 9.23. The largest absolute Gasteiger partial charge is 0.461 e. The fourth-order valence-electron chi connectivity index (χ4n) is 2.92. The SMILES string of the molecule is OCCN(Cc1cc(-c2ccco2)on1)C1CCCC1. The molecule has 0 saturated heterocycles. The average Bonchev–Trinajstić information content (AvgIpc) is 3.20. The van der Waals surface area contributed by atoms with Crippen LogP contribution in [0.5, 0.6) is 0 Å². The van der Waals surface area contributed by atoms with Crippen LogP contribution in [0.2, 0.25) is 0 Å². The van der Waals surface area contributed by atoms with Gasteiger partial charge in [-0.05, 0) is 25.0 Å². The molecular formula is C15H20N2O3. The van der Waals surface area contributed by atoms with Crippen molar-refractivity contribution < 1.29 is 14.0 Å². The zero-order chi connectivity index (χ0) is 13.8. The lowest BCUT2D eigenvalue weighted by Gasteiger charge is -2.26. The molecule has 2 heterocycles. The van der Waals surface area contributed by atoms with Crippen LogP contribution in [-0.4, -0.2) is 34.4 Å². The van der Waals surface area contributed by atoms with E-state index >= 15 is 0 Å². The molecule has 5 nitrogen and oxygen atoms in total. The molecule has 0 bridgehead atoms. The Balaban J connectivity index is 1.68. The summed E-state index contributed by atoms with van der Waals surface area (Å²) in [6, 6.07) is 6.16. The van der Waals surface area contributed by atoms with Crippen LogP contribution in [0.4, 0.5) is 0 Å². The van der Waals surface area contributed by atoms with E-state index in [-0.39, 0.29) is 6.61 Å². The highest BCUT2D eigenvalue weighted by molar-refractivity contribution is 5.49. The summed E-state index contributed by atoms with van der Waals surface area (Å²) in [5.74, 6) is 1.35. The van der Waals surface area contributed by atoms with Gasteiger partial charge in [0.1, 0.15) is 0 Å². The van der Waals surface area contributed by atoms with Crippen molar-refractivity contribution in [3.05, 3.63) is 30.2 Å². The number of aliphatic hydroxyl groups is 1. The summed E-state index contributed by atoms with van der Waals surface area (Å²) in [6.07, 6.45) is 6.60. The van der Waals surface area contributed by atoms with E-state index in [0.717, 1.165) is 12.2 Å². The first-order valence-electron chi connectivity index (χ1n) is 7.21. The Morgan fingerprint density at radius 3 is 2.85 bits per heavy atom. The van der Waals surface area contributed by atoms with Crippen molar-refractivity contribution in [1.82, 2.24) is 10.1 Å². The monoisotopic (exact) mass is 276 g/mol. The molecule has 0 aromatic carbocycles. The predicted octanol–water partition coefficient (Wildman–Crippen LogP) is 2.67. The Hall–Kier alpha value is -1.59. The second-order valence-electron chi connectivity index (χ2n) is 5.29. The molecule has 108 valence electrons. The fraction of sp³-hybridized carbons (Fsp3) is 0.533. The van der Waals surface area contributed by atoms with Crippen molar-refractivity contribution in [1.29, 1.82) is 0 Å². The number of furan rings is 1. The highest BCUT2D eigenvalue weighted by atomic mass is 16.5. The fourth-order valence-corrected chi connectivity index (χ4v) is 2.92. The Morgan fingerprint density at radius 1 is 1.30 bits per heavy atom. The van der Waals surface area contributed by atoms with Crippen molar-refractivity contribution in [3.63, 3.8) is 0 Å². The molecule has 1 N–H and O–H groups in total. The summed E-state index contributed by atoms with van der Waals surface area (Å²) < 4.78 is 10.6. The van der Waals surface area contributed by atoms with E-state index in [9.17, 15) is 5.11 Å². The van der Waals surface area contributed by atoms with E-state index in [2.05, 4.69) is 10.1 Å². The summed E-state index contributed by atoms with van der Waals surface area (Å²) in [4.78, 5) is 2.30. The maximum atomic E-state index is 9.23. The molecule has 2 aromatic rings. The van der Waals surface area contributed by atoms with Crippen LogP contribution in [0.25, 0.3) is 11.5 Å². The van der Waals surface area contributed by atoms with Crippen molar-refractivity contribution in [3.8, 4) is 11.5 Å². The van der Waals surface area contributed by atoms with E-state index in [0.29, 0.717) is 24.1 Å². The lowest BCUT2D eigenvalue weighted by Crippen LogP contribution is -2.35. The molecule has 0 spiro atoms. The summed E-state index contributed by atoms with van der Waals surface area (Å²) in [5, 5.41) is 13.3. The molecule has 3 rings (SSSR count). The summed E-state index contributed by atoms with van der Waals surface area (Å²) in [7, 11) is 0. The van der Waals surface area contributed by atoms with Gasteiger partial charge in [-0.25, -0.2) is 0 Å². The van der Waals surface area contributed by atoms with Gasteiger partial charge in [0.15, 0.2) is 5.76 Å². The Kier molecular flexibility index (Phi) is 4.18. The molecule has 1 aliphatic carbocycles. The zero-order valence-electron chi connectivity index (χ0n) is 11.5. The lowest BCUT2D eigenvalue weighted by molar-refractivity contribution is 0.142. The van der Waals surface area contributed by atoms with Crippen LogP contribution < -0.4 is 0 Å². The van der Waals surface area contributed by atoms with Gasteiger partial charge in [-0.15, -0.1) is 0 Å². The molecule has 0 radical (unpaired) electrons. The molecule has 1 fully saturated rings. The second-order valence-corrected chi connectivity index (χ2v) is 5.29. The smallest absolute Gasteiger partial charge is 0.202 e. The number of rotatable bonds is 6. The highest BCUT2D eigenvalue weighted by Gasteiger charge is 2.23. The van der Waals surface area contributed by atoms with Crippen LogP contribution in [0.3, 0.4) is 0 Å². The van der Waals surface area contributed by atoms with Crippen LogP contribution >= 0.6 is 0 Å². The van der Waals surface area contributed by atoms with E-state index in [1.165, 1.54) is 25.7 Å². The van der Waals surface area contributed by atoms with Gasteiger partial charge in [0.05, 0.1) is 18.6 Å². The predicted molar refractivity (Wildman–Crippen MR) is 74.0 cm³/mol. The van der Waals surface area contributed by atoms with Crippen LogP contribution in [0.15, 0.2) is 33.4 Å². The molecule has 0 unspecified atom stereocenters. The lowest BCUT2D eigenvalue weighted by atomic mass is 10.2. The molecule has 1 aliphatic rings. The molecule has 1 saturated carbocycles. The first-order chi connectivity index (χ1) is 9.86. The van der Waals surface area contributed by atoms with Crippen LogP contribution in [-0.2, 0) is 6.54 Å². The van der Waals surface area contributed by atoms with Gasteiger partial charge in [0, 0.05) is 25.2 Å². The second kappa shape index (κ2) is 6.24. The Morgan fingerprint density at radius 2 is 2.15 bits per heavy atom. The molecule has 0 amide bonds. The zero-order valence-corrected chi connectivity index (χ0v) is 11.5. The Bertz CT molecular complexity index is 515. The molecule has 0 aliphatic heterocycles. The number of aromatic nitrogens is 1. The third-order valence-electron chi connectivity index (χ3n) is 3.92. The summed E-state index contributed by atoms with van der Waals surface area (Å²) in [5.41, 5.74) is 0.886. The minimum Gasteiger partial charge on any atom is -0.461 e. The first kappa shape index (κ1) is 13.4. The third kappa shape index (κ3) is 2.94. The van der Waals surface area contributed by atoms with Gasteiger partial charge < -0.3 is 14.0 Å². The first-order valence-corrected chi connectivity index (χ1v) is 7.21. The minimum absolute atomic E-state index is 0.180. The van der Waals surface area contributed by atoms with Gasteiger partial charge in [0.2, 0.25) is 5.76 Å². The minimum atomic E-state index is 0.180. The van der Waals surface area contributed by atoms with Crippen molar-refractivity contribution in [2.45, 2.75) is 38.3 Å². The number of hydrogen-bond donors (Lipinski definition) is 1. The van der Waals surface area contributed by atoms with Gasteiger partial charge in [-0.2, -0.15) is 0 Å². The molecule has 5 heteroatoms. The summed E-state index contributed by atoms with van der Waals surface area (Å²) >= 11 is 0. The number of aliphatic hydroxyl groups excluding tert-OH is 1. The number of hydrogen-bond acceptors (Lipinski definition) is 5. The van der Waals surface area contributed by atoms with Crippen molar-refractivity contribution in [2.75, 3.05) is 13.2 Å². The van der Waals surface area contributed by atoms with Gasteiger partial charge in [-0.1, -0.05) is 18.0 Å². The van der Waals surface area contributed by atoms with Gasteiger partial charge in [-0.3, -0.25) is 4.90 Å². The van der Waals surface area contributed by atoms with Gasteiger partial charge >= 0.3 is 0 Å². The summed E-state index contributed by atoms with van der Waals surface area (Å²) in [6.45, 7) is 1.59. The van der Waals surface area contributed by atoms with E-state index in [1.807, 2.05) is 18.2 Å². The molecular weight excluding hydrogens is 256 g/mol. The highest BCUT2D eigenvalue weighted by Crippen LogP contribution is 2.26. The van der Waals surface area contributed by atoms with Crippen LogP contribution in [0, 0.1) is 0 Å². The quantitative estimate of drug-likeness (QED) is 0.878. The van der Waals surface area contributed by atoms with Crippen molar-refractivity contribution >= 4 is 0 Å². The Labute approximate surface area is 118 Å². The van der Waals surface area contributed by atoms with Crippen LogP contribution in [0.1, 0.15) is 31.4 Å². The average molecular weight is 276 g/mol. The topological polar surface area (TPSA) is 62.6 Å². The molecule has 2 aromatic heterocycles. The van der Waals surface area contributed by atoms with Gasteiger partial charge in [0.25, 0.3) is 0 Å². The standard InChI is InChI=1S/C15H20N2O3/c18-8-7-17(13-4-1-2-5-13)11-12-10-15(20-16-12)14-6-3-9-19-14/h3,6,9-10,13,18H,1-2,4-5,7-8,11H2. The molecule has 0 atom stereocenters.